The molecule has 1 aromatic heterocycles. The van der Waals surface area contributed by atoms with Gasteiger partial charge in [0.15, 0.2) is 0 Å². The number of aromatic amines is 1. The summed E-state index contributed by atoms with van der Waals surface area (Å²) in [5.74, 6) is 0. The Morgan fingerprint density at radius 3 is 2.53 bits per heavy atom. The van der Waals surface area contributed by atoms with Crippen molar-refractivity contribution < 1.29 is 4.74 Å². The van der Waals surface area contributed by atoms with Gasteiger partial charge in [-0.05, 0) is 19.9 Å². The zero-order valence-electron chi connectivity index (χ0n) is 10.1. The van der Waals surface area contributed by atoms with Gasteiger partial charge in [-0.1, -0.05) is 29.8 Å². The van der Waals surface area contributed by atoms with E-state index in [2.05, 4.69) is 10.2 Å². The van der Waals surface area contributed by atoms with Crippen molar-refractivity contribution in [2.75, 3.05) is 7.11 Å². The van der Waals surface area contributed by atoms with Crippen LogP contribution in [0.25, 0.3) is 0 Å². The standard InChI is InChI=1S/C13H15ClN2O/c1-8-12(9(2)16-15-8)13(17-3)10-6-4-5-7-11(10)14/h4-7,13H,1-3H3,(H,15,16). The third kappa shape index (κ3) is 2.21. The molecule has 0 aliphatic heterocycles. The van der Waals surface area contributed by atoms with Crippen LogP contribution in [0, 0.1) is 13.8 Å². The highest BCUT2D eigenvalue weighted by molar-refractivity contribution is 6.31. The van der Waals surface area contributed by atoms with Gasteiger partial charge in [0.1, 0.15) is 6.10 Å². The number of aromatic nitrogens is 2. The molecule has 0 radical (unpaired) electrons. The molecule has 2 rings (SSSR count). The molecular weight excluding hydrogens is 236 g/mol. The lowest BCUT2D eigenvalue weighted by Crippen LogP contribution is -2.06. The zero-order valence-corrected chi connectivity index (χ0v) is 10.9. The number of methoxy groups -OCH3 is 1. The molecular formula is C13H15ClN2O. The van der Waals surface area contributed by atoms with E-state index >= 15 is 0 Å². The summed E-state index contributed by atoms with van der Waals surface area (Å²) in [5.41, 5.74) is 3.97. The van der Waals surface area contributed by atoms with Crippen LogP contribution in [0.3, 0.4) is 0 Å². The van der Waals surface area contributed by atoms with Crippen LogP contribution in [0.1, 0.15) is 28.6 Å². The number of halogens is 1. The highest BCUT2D eigenvalue weighted by Crippen LogP contribution is 2.33. The van der Waals surface area contributed by atoms with E-state index in [0.717, 1.165) is 22.5 Å². The van der Waals surface area contributed by atoms with Gasteiger partial charge in [0, 0.05) is 29.0 Å². The average molecular weight is 251 g/mol. The van der Waals surface area contributed by atoms with Crippen LogP contribution < -0.4 is 0 Å². The van der Waals surface area contributed by atoms with Crippen LogP contribution in [0.5, 0.6) is 0 Å². The third-order valence-corrected chi connectivity index (χ3v) is 3.21. The quantitative estimate of drug-likeness (QED) is 0.907. The van der Waals surface area contributed by atoms with E-state index in [1.54, 1.807) is 7.11 Å². The molecule has 0 saturated carbocycles. The number of nitrogens with one attached hydrogen (secondary N) is 1. The number of nitrogens with zero attached hydrogens (tertiary/aromatic N) is 1. The molecule has 1 N–H and O–H groups in total. The molecule has 0 spiro atoms. The highest BCUT2D eigenvalue weighted by Gasteiger charge is 2.21. The molecule has 1 atom stereocenters. The Kier molecular flexibility index (Phi) is 3.50. The van der Waals surface area contributed by atoms with E-state index in [4.69, 9.17) is 16.3 Å². The summed E-state index contributed by atoms with van der Waals surface area (Å²) in [7, 11) is 1.68. The van der Waals surface area contributed by atoms with E-state index in [-0.39, 0.29) is 6.10 Å². The fourth-order valence-corrected chi connectivity index (χ4v) is 2.27. The van der Waals surface area contributed by atoms with Gasteiger partial charge in [0.05, 0.1) is 5.69 Å². The van der Waals surface area contributed by atoms with Crippen molar-refractivity contribution >= 4 is 11.6 Å². The number of aryl methyl sites for hydroxylation is 2. The molecule has 0 bridgehead atoms. The van der Waals surface area contributed by atoms with Gasteiger partial charge in [0.2, 0.25) is 0 Å². The van der Waals surface area contributed by atoms with Gasteiger partial charge in [-0.25, -0.2) is 0 Å². The van der Waals surface area contributed by atoms with Crippen molar-refractivity contribution in [2.45, 2.75) is 20.0 Å². The lowest BCUT2D eigenvalue weighted by Gasteiger charge is -2.17. The van der Waals surface area contributed by atoms with Crippen molar-refractivity contribution in [3.05, 3.63) is 51.8 Å². The molecule has 17 heavy (non-hydrogen) atoms. The Hall–Kier alpha value is -1.32. The zero-order chi connectivity index (χ0) is 12.4. The first-order valence-electron chi connectivity index (χ1n) is 5.43. The predicted molar refractivity (Wildman–Crippen MR) is 68.4 cm³/mol. The number of hydrogen-bond donors (Lipinski definition) is 1. The van der Waals surface area contributed by atoms with Crippen molar-refractivity contribution in [1.29, 1.82) is 0 Å². The summed E-state index contributed by atoms with van der Waals surface area (Å²) in [6, 6.07) is 7.71. The Bertz CT molecular complexity index is 502. The smallest absolute Gasteiger partial charge is 0.112 e. The molecule has 1 aromatic carbocycles. The Morgan fingerprint density at radius 1 is 1.29 bits per heavy atom. The van der Waals surface area contributed by atoms with Crippen LogP contribution in [0.4, 0.5) is 0 Å². The second-order valence-corrected chi connectivity index (χ2v) is 4.39. The minimum atomic E-state index is -0.178. The fraction of sp³-hybridized carbons (Fsp3) is 0.308. The normalized spacial score (nSPS) is 12.7. The Balaban J connectivity index is 2.52. The summed E-state index contributed by atoms with van der Waals surface area (Å²) < 4.78 is 5.58. The first kappa shape index (κ1) is 12.1. The van der Waals surface area contributed by atoms with Gasteiger partial charge in [-0.2, -0.15) is 5.10 Å². The molecule has 0 fully saturated rings. The first-order chi connectivity index (χ1) is 8.15. The maximum atomic E-state index is 6.21. The lowest BCUT2D eigenvalue weighted by molar-refractivity contribution is 0.135. The first-order valence-corrected chi connectivity index (χ1v) is 5.81. The Morgan fingerprint density at radius 2 is 2.00 bits per heavy atom. The topological polar surface area (TPSA) is 37.9 Å². The second-order valence-electron chi connectivity index (χ2n) is 3.98. The maximum absolute atomic E-state index is 6.21. The van der Waals surface area contributed by atoms with E-state index in [1.807, 2.05) is 38.1 Å². The van der Waals surface area contributed by atoms with E-state index < -0.39 is 0 Å². The van der Waals surface area contributed by atoms with Crippen molar-refractivity contribution in [3.8, 4) is 0 Å². The van der Waals surface area contributed by atoms with Gasteiger partial charge >= 0.3 is 0 Å². The molecule has 1 heterocycles. The lowest BCUT2D eigenvalue weighted by atomic mass is 10.00. The average Bonchev–Trinajstić information content (AvgIpc) is 2.64. The largest absolute Gasteiger partial charge is 0.372 e. The van der Waals surface area contributed by atoms with Crippen LogP contribution >= 0.6 is 11.6 Å². The molecule has 90 valence electrons. The van der Waals surface area contributed by atoms with Gasteiger partial charge in [-0.15, -0.1) is 0 Å². The molecule has 1 unspecified atom stereocenters. The van der Waals surface area contributed by atoms with E-state index in [0.29, 0.717) is 5.02 Å². The third-order valence-electron chi connectivity index (χ3n) is 2.87. The van der Waals surface area contributed by atoms with Crippen LogP contribution in [0.15, 0.2) is 24.3 Å². The summed E-state index contributed by atoms with van der Waals surface area (Å²) in [4.78, 5) is 0. The van der Waals surface area contributed by atoms with E-state index in [9.17, 15) is 0 Å². The maximum Gasteiger partial charge on any atom is 0.112 e. The fourth-order valence-electron chi connectivity index (χ4n) is 2.03. The number of ether oxygens (including phenoxy) is 1. The van der Waals surface area contributed by atoms with Crippen molar-refractivity contribution in [3.63, 3.8) is 0 Å². The molecule has 4 heteroatoms. The van der Waals surface area contributed by atoms with Crippen molar-refractivity contribution in [2.24, 2.45) is 0 Å². The van der Waals surface area contributed by atoms with Crippen LogP contribution in [-0.4, -0.2) is 17.3 Å². The number of hydrogen-bond acceptors (Lipinski definition) is 2. The Labute approximate surface area is 106 Å². The van der Waals surface area contributed by atoms with Crippen LogP contribution in [-0.2, 0) is 4.74 Å². The summed E-state index contributed by atoms with van der Waals surface area (Å²) in [5, 5.41) is 7.87. The molecule has 0 aliphatic rings. The van der Waals surface area contributed by atoms with Gasteiger partial charge < -0.3 is 4.74 Å². The monoisotopic (exact) mass is 250 g/mol. The van der Waals surface area contributed by atoms with Crippen LogP contribution in [0.2, 0.25) is 5.02 Å². The minimum Gasteiger partial charge on any atom is -0.372 e. The molecule has 2 aromatic rings. The number of benzene rings is 1. The molecule has 0 amide bonds. The summed E-state index contributed by atoms with van der Waals surface area (Å²) >= 11 is 6.21. The molecule has 0 aliphatic carbocycles. The van der Waals surface area contributed by atoms with Gasteiger partial charge in [-0.3, -0.25) is 5.10 Å². The SMILES string of the molecule is COC(c1ccccc1Cl)c1c(C)n[nH]c1C. The van der Waals surface area contributed by atoms with E-state index in [1.165, 1.54) is 0 Å². The molecule has 3 nitrogen and oxygen atoms in total. The number of rotatable bonds is 3. The second kappa shape index (κ2) is 4.90. The number of H-pyrrole nitrogens is 1. The summed E-state index contributed by atoms with van der Waals surface area (Å²) in [6.45, 7) is 3.94. The summed E-state index contributed by atoms with van der Waals surface area (Å²) in [6.07, 6.45) is -0.178. The minimum absolute atomic E-state index is 0.178. The molecule has 0 saturated heterocycles. The highest BCUT2D eigenvalue weighted by atomic mass is 35.5. The predicted octanol–water partition coefficient (Wildman–Crippen LogP) is 3.42. The van der Waals surface area contributed by atoms with Gasteiger partial charge in [0.25, 0.3) is 0 Å². The van der Waals surface area contributed by atoms with Crippen molar-refractivity contribution in [1.82, 2.24) is 10.2 Å².